The minimum absolute atomic E-state index is 0.107. The fourth-order valence-electron chi connectivity index (χ4n) is 2.11. The second-order valence-electron chi connectivity index (χ2n) is 4.98. The summed E-state index contributed by atoms with van der Waals surface area (Å²) >= 11 is 0. The molecule has 0 saturated heterocycles. The smallest absolute Gasteiger partial charge is 0.273 e. The molecule has 1 amide bonds. The van der Waals surface area contributed by atoms with Crippen LogP contribution in [0.4, 0.5) is 11.4 Å². The van der Waals surface area contributed by atoms with E-state index in [4.69, 9.17) is 0 Å². The Bertz CT molecular complexity index is 824. The highest BCUT2D eigenvalue weighted by atomic mass is 16.6. The summed E-state index contributed by atoms with van der Waals surface area (Å²) in [5.74, 6) is -0.456. The zero-order valence-electron chi connectivity index (χ0n) is 12.4. The lowest BCUT2D eigenvalue weighted by molar-refractivity contribution is -0.385. The van der Waals surface area contributed by atoms with Gasteiger partial charge in [0.15, 0.2) is 0 Å². The van der Waals surface area contributed by atoms with E-state index in [0.29, 0.717) is 16.8 Å². The molecule has 0 atom stereocenters. The summed E-state index contributed by atoms with van der Waals surface area (Å²) in [6.45, 7) is 3.23. The van der Waals surface area contributed by atoms with Crippen molar-refractivity contribution in [3.05, 3.63) is 67.6 Å². The van der Waals surface area contributed by atoms with E-state index in [0.717, 1.165) is 0 Å². The van der Waals surface area contributed by atoms with Gasteiger partial charge in [0.25, 0.3) is 17.2 Å². The summed E-state index contributed by atoms with van der Waals surface area (Å²) < 4.78 is 1.35. The molecule has 114 valence electrons. The Morgan fingerprint density at radius 1 is 1.32 bits per heavy atom. The predicted octanol–water partition coefficient (Wildman–Crippen LogP) is 2.16. The number of nitro benzene ring substituents is 1. The maximum atomic E-state index is 12.3. The molecule has 0 aliphatic rings. The molecule has 22 heavy (non-hydrogen) atoms. The van der Waals surface area contributed by atoms with Crippen molar-refractivity contribution >= 4 is 17.3 Å². The van der Waals surface area contributed by atoms with Crippen LogP contribution in [0.2, 0.25) is 0 Å². The average molecular weight is 301 g/mol. The average Bonchev–Trinajstić information content (AvgIpc) is 2.44. The van der Waals surface area contributed by atoms with E-state index in [1.54, 1.807) is 14.0 Å². The van der Waals surface area contributed by atoms with Gasteiger partial charge >= 0.3 is 0 Å². The highest BCUT2D eigenvalue weighted by Gasteiger charge is 2.18. The number of rotatable bonds is 3. The van der Waals surface area contributed by atoms with E-state index in [2.05, 4.69) is 5.32 Å². The molecule has 1 heterocycles. The van der Waals surface area contributed by atoms with Crippen molar-refractivity contribution in [2.75, 3.05) is 5.32 Å². The van der Waals surface area contributed by atoms with Gasteiger partial charge in [-0.15, -0.1) is 0 Å². The van der Waals surface area contributed by atoms with Crippen LogP contribution in [0.15, 0.2) is 35.3 Å². The summed E-state index contributed by atoms with van der Waals surface area (Å²) in [6, 6.07) is 5.75. The van der Waals surface area contributed by atoms with Crippen LogP contribution in [-0.2, 0) is 7.05 Å². The van der Waals surface area contributed by atoms with E-state index in [-0.39, 0.29) is 16.8 Å². The Hall–Kier alpha value is -2.96. The zero-order valence-corrected chi connectivity index (χ0v) is 12.4. The number of anilines is 1. The first-order valence-corrected chi connectivity index (χ1v) is 6.54. The van der Waals surface area contributed by atoms with Crippen LogP contribution in [0, 0.1) is 24.0 Å². The van der Waals surface area contributed by atoms with Crippen LogP contribution in [0.1, 0.15) is 21.5 Å². The number of nitro groups is 1. The molecule has 2 aromatic rings. The monoisotopic (exact) mass is 301 g/mol. The van der Waals surface area contributed by atoms with Crippen molar-refractivity contribution < 1.29 is 9.72 Å². The fourth-order valence-corrected chi connectivity index (χ4v) is 2.11. The lowest BCUT2D eigenvalue weighted by atomic mass is 10.1. The Morgan fingerprint density at radius 3 is 2.64 bits per heavy atom. The first-order valence-electron chi connectivity index (χ1n) is 6.54. The summed E-state index contributed by atoms with van der Waals surface area (Å²) in [5.41, 5.74) is 1.35. The quantitative estimate of drug-likeness (QED) is 0.694. The van der Waals surface area contributed by atoms with Gasteiger partial charge in [0.2, 0.25) is 0 Å². The number of hydrogen-bond acceptors (Lipinski definition) is 4. The molecule has 0 saturated carbocycles. The van der Waals surface area contributed by atoms with E-state index in [1.807, 2.05) is 0 Å². The maximum Gasteiger partial charge on any atom is 0.273 e. The summed E-state index contributed by atoms with van der Waals surface area (Å²) in [6.07, 6.45) is 1.52. The number of hydrogen-bond donors (Lipinski definition) is 1. The standard InChI is InChI=1S/C15H15N3O4/c1-9-7-14(19)17(3)8-12(9)16-15(20)11-5-4-6-13(10(11)2)18(21)22/h4-8H,1-3H3,(H,16,20). The van der Waals surface area contributed by atoms with Gasteiger partial charge in [-0.3, -0.25) is 19.7 Å². The molecule has 1 aromatic heterocycles. The highest BCUT2D eigenvalue weighted by Crippen LogP contribution is 2.22. The first kappa shape index (κ1) is 15.4. The molecule has 0 unspecified atom stereocenters. The Kier molecular flexibility index (Phi) is 4.07. The van der Waals surface area contributed by atoms with Crippen molar-refractivity contribution in [1.82, 2.24) is 4.57 Å². The van der Waals surface area contributed by atoms with Gasteiger partial charge in [-0.25, -0.2) is 0 Å². The lowest BCUT2D eigenvalue weighted by Crippen LogP contribution is -2.20. The second kappa shape index (κ2) is 5.80. The van der Waals surface area contributed by atoms with E-state index >= 15 is 0 Å². The van der Waals surface area contributed by atoms with Crippen LogP contribution in [-0.4, -0.2) is 15.4 Å². The van der Waals surface area contributed by atoms with Crippen LogP contribution >= 0.6 is 0 Å². The number of carbonyl (C=O) groups excluding carboxylic acids is 1. The number of nitrogens with zero attached hydrogens (tertiary/aromatic N) is 2. The third-order valence-corrected chi connectivity index (χ3v) is 3.43. The van der Waals surface area contributed by atoms with Gasteiger partial charge < -0.3 is 9.88 Å². The van der Waals surface area contributed by atoms with Gasteiger partial charge in [-0.1, -0.05) is 6.07 Å². The second-order valence-corrected chi connectivity index (χ2v) is 4.98. The van der Waals surface area contributed by atoms with E-state index in [9.17, 15) is 19.7 Å². The number of nitrogens with one attached hydrogen (secondary N) is 1. The molecular formula is C15H15N3O4. The van der Waals surface area contributed by atoms with Crippen molar-refractivity contribution in [3.63, 3.8) is 0 Å². The largest absolute Gasteiger partial charge is 0.320 e. The molecule has 0 aliphatic carbocycles. The fraction of sp³-hybridized carbons (Fsp3) is 0.200. The maximum absolute atomic E-state index is 12.3. The summed E-state index contributed by atoms with van der Waals surface area (Å²) in [7, 11) is 1.58. The van der Waals surface area contributed by atoms with Crippen LogP contribution in [0.5, 0.6) is 0 Å². The predicted molar refractivity (Wildman–Crippen MR) is 82.2 cm³/mol. The SMILES string of the molecule is Cc1cc(=O)n(C)cc1NC(=O)c1cccc([N+](=O)[O-])c1C. The van der Waals surface area contributed by atoms with Crippen molar-refractivity contribution in [3.8, 4) is 0 Å². The molecule has 0 spiro atoms. The van der Waals surface area contributed by atoms with E-state index in [1.165, 1.54) is 42.0 Å². The topological polar surface area (TPSA) is 94.2 Å². The molecule has 0 bridgehead atoms. The van der Waals surface area contributed by atoms with Gasteiger partial charge in [0.1, 0.15) is 0 Å². The van der Waals surface area contributed by atoms with E-state index < -0.39 is 10.8 Å². The minimum atomic E-state index is -0.524. The third-order valence-electron chi connectivity index (χ3n) is 3.43. The number of aryl methyl sites for hydroxylation is 2. The lowest BCUT2D eigenvalue weighted by Gasteiger charge is -2.11. The highest BCUT2D eigenvalue weighted by molar-refractivity contribution is 6.06. The molecule has 0 aliphatic heterocycles. The Morgan fingerprint density at radius 2 is 2.00 bits per heavy atom. The number of aromatic nitrogens is 1. The number of carbonyl (C=O) groups is 1. The molecule has 7 nitrogen and oxygen atoms in total. The normalized spacial score (nSPS) is 10.3. The molecule has 0 fully saturated rings. The Balaban J connectivity index is 2.38. The van der Waals surface area contributed by atoms with Gasteiger partial charge in [-0.05, 0) is 25.5 Å². The Labute approximate surface area is 126 Å². The minimum Gasteiger partial charge on any atom is -0.320 e. The van der Waals surface area contributed by atoms with Gasteiger partial charge in [-0.2, -0.15) is 0 Å². The number of pyridine rings is 1. The van der Waals surface area contributed by atoms with Crippen LogP contribution in [0.3, 0.4) is 0 Å². The van der Waals surface area contributed by atoms with Gasteiger partial charge in [0, 0.05) is 36.5 Å². The summed E-state index contributed by atoms with van der Waals surface area (Å²) in [5, 5.41) is 13.6. The van der Waals surface area contributed by atoms with Crippen molar-refractivity contribution in [2.24, 2.45) is 7.05 Å². The molecule has 7 heteroatoms. The zero-order chi connectivity index (χ0) is 16.4. The first-order chi connectivity index (χ1) is 10.3. The molecule has 1 aromatic carbocycles. The molecule has 1 N–H and O–H groups in total. The van der Waals surface area contributed by atoms with Crippen LogP contribution in [0.25, 0.3) is 0 Å². The molecule has 2 rings (SSSR count). The summed E-state index contributed by atoms with van der Waals surface area (Å²) in [4.78, 5) is 34.2. The van der Waals surface area contributed by atoms with Crippen LogP contribution < -0.4 is 10.9 Å². The van der Waals surface area contributed by atoms with Gasteiger partial charge in [0.05, 0.1) is 10.6 Å². The van der Waals surface area contributed by atoms with Crippen molar-refractivity contribution in [2.45, 2.75) is 13.8 Å². The van der Waals surface area contributed by atoms with Crippen molar-refractivity contribution in [1.29, 1.82) is 0 Å². The molecule has 0 radical (unpaired) electrons. The molecular weight excluding hydrogens is 286 g/mol. The third kappa shape index (κ3) is 2.88. The number of benzene rings is 1. The number of amides is 1.